The lowest BCUT2D eigenvalue weighted by Gasteiger charge is -2.33. The van der Waals surface area contributed by atoms with E-state index < -0.39 is 0 Å². The largest absolute Gasteiger partial charge is 0.397 e. The van der Waals surface area contributed by atoms with Gasteiger partial charge in [0.25, 0.3) is 0 Å². The van der Waals surface area contributed by atoms with E-state index >= 15 is 0 Å². The number of benzene rings is 1. The highest BCUT2D eigenvalue weighted by molar-refractivity contribution is 5.67. The molecule has 17 heavy (non-hydrogen) atoms. The summed E-state index contributed by atoms with van der Waals surface area (Å²) in [7, 11) is 0. The standard InChI is InChI=1S/C15H24N2/c1-10-4-7-14(16)15(8-10)17-13-6-5-11(2)12(3)9-13/h4,7-8,11-13,17H,5-6,9,16H2,1-3H3. The van der Waals surface area contributed by atoms with Crippen molar-refractivity contribution in [3.63, 3.8) is 0 Å². The maximum Gasteiger partial charge on any atom is 0.0578 e. The van der Waals surface area contributed by atoms with E-state index in [2.05, 4.69) is 38.2 Å². The van der Waals surface area contributed by atoms with Gasteiger partial charge in [-0.2, -0.15) is 0 Å². The molecule has 1 fully saturated rings. The molecule has 3 atom stereocenters. The van der Waals surface area contributed by atoms with E-state index in [4.69, 9.17) is 5.73 Å². The van der Waals surface area contributed by atoms with E-state index in [9.17, 15) is 0 Å². The van der Waals surface area contributed by atoms with E-state index in [-0.39, 0.29) is 0 Å². The third kappa shape index (κ3) is 2.93. The average molecular weight is 232 g/mol. The predicted molar refractivity (Wildman–Crippen MR) is 75.2 cm³/mol. The second kappa shape index (κ2) is 4.99. The zero-order valence-corrected chi connectivity index (χ0v) is 11.2. The highest BCUT2D eigenvalue weighted by Gasteiger charge is 2.24. The molecule has 1 saturated carbocycles. The normalized spacial score (nSPS) is 29.0. The van der Waals surface area contributed by atoms with E-state index in [0.717, 1.165) is 23.2 Å². The number of aryl methyl sites for hydroxylation is 1. The van der Waals surface area contributed by atoms with Crippen LogP contribution in [-0.4, -0.2) is 6.04 Å². The van der Waals surface area contributed by atoms with Gasteiger partial charge in [-0.3, -0.25) is 0 Å². The summed E-state index contributed by atoms with van der Waals surface area (Å²) in [6.07, 6.45) is 3.85. The third-order valence-corrected chi connectivity index (χ3v) is 4.17. The number of anilines is 2. The molecule has 94 valence electrons. The van der Waals surface area contributed by atoms with Crippen molar-refractivity contribution in [2.45, 2.75) is 46.1 Å². The fourth-order valence-corrected chi connectivity index (χ4v) is 2.69. The molecule has 0 aromatic heterocycles. The molecular formula is C15H24N2. The van der Waals surface area contributed by atoms with Crippen LogP contribution in [0.15, 0.2) is 18.2 Å². The molecule has 3 N–H and O–H groups in total. The molecule has 0 aliphatic heterocycles. The smallest absolute Gasteiger partial charge is 0.0578 e. The topological polar surface area (TPSA) is 38.0 Å². The highest BCUT2D eigenvalue weighted by Crippen LogP contribution is 2.32. The Morgan fingerprint density at radius 3 is 2.65 bits per heavy atom. The Morgan fingerprint density at radius 1 is 1.18 bits per heavy atom. The zero-order chi connectivity index (χ0) is 12.4. The molecule has 0 radical (unpaired) electrons. The average Bonchev–Trinajstić information content (AvgIpc) is 2.29. The summed E-state index contributed by atoms with van der Waals surface area (Å²) in [6, 6.07) is 6.79. The molecule has 2 nitrogen and oxygen atoms in total. The summed E-state index contributed by atoms with van der Waals surface area (Å²) in [5, 5.41) is 3.62. The molecule has 0 bridgehead atoms. The summed E-state index contributed by atoms with van der Waals surface area (Å²) in [4.78, 5) is 0. The Morgan fingerprint density at radius 2 is 1.94 bits per heavy atom. The monoisotopic (exact) mass is 232 g/mol. The van der Waals surface area contributed by atoms with Gasteiger partial charge in [0, 0.05) is 6.04 Å². The molecule has 2 rings (SSSR count). The van der Waals surface area contributed by atoms with Crippen molar-refractivity contribution in [2.24, 2.45) is 11.8 Å². The van der Waals surface area contributed by atoms with Crippen LogP contribution in [0.25, 0.3) is 0 Å². The van der Waals surface area contributed by atoms with Crippen molar-refractivity contribution in [1.29, 1.82) is 0 Å². The van der Waals surface area contributed by atoms with Gasteiger partial charge in [-0.15, -0.1) is 0 Å². The summed E-state index contributed by atoms with van der Waals surface area (Å²) >= 11 is 0. The number of nitrogens with two attached hydrogens (primary N) is 1. The van der Waals surface area contributed by atoms with E-state index in [1.54, 1.807) is 0 Å². The molecule has 1 aliphatic rings. The number of nitrogens with one attached hydrogen (secondary N) is 1. The van der Waals surface area contributed by atoms with Gasteiger partial charge in [0.05, 0.1) is 11.4 Å². The second-order valence-corrected chi connectivity index (χ2v) is 5.70. The molecule has 2 heteroatoms. The van der Waals surface area contributed by atoms with Crippen LogP contribution in [0.4, 0.5) is 11.4 Å². The van der Waals surface area contributed by atoms with Crippen molar-refractivity contribution >= 4 is 11.4 Å². The predicted octanol–water partition coefficient (Wildman–Crippen LogP) is 3.81. The van der Waals surface area contributed by atoms with E-state index in [1.165, 1.54) is 24.8 Å². The lowest BCUT2D eigenvalue weighted by atomic mass is 9.79. The minimum absolute atomic E-state index is 0.588. The number of rotatable bonds is 2. The Kier molecular flexibility index (Phi) is 3.60. The lowest BCUT2D eigenvalue weighted by molar-refractivity contribution is 0.261. The Bertz CT molecular complexity index is 387. The number of hydrogen-bond acceptors (Lipinski definition) is 2. The van der Waals surface area contributed by atoms with Crippen molar-refractivity contribution in [3.05, 3.63) is 23.8 Å². The van der Waals surface area contributed by atoms with Crippen molar-refractivity contribution in [3.8, 4) is 0 Å². The Hall–Kier alpha value is -1.18. The fourth-order valence-electron chi connectivity index (χ4n) is 2.69. The molecule has 0 saturated heterocycles. The van der Waals surface area contributed by atoms with Crippen LogP contribution in [-0.2, 0) is 0 Å². The first kappa shape index (κ1) is 12.3. The van der Waals surface area contributed by atoms with Crippen molar-refractivity contribution in [2.75, 3.05) is 11.1 Å². The zero-order valence-electron chi connectivity index (χ0n) is 11.2. The van der Waals surface area contributed by atoms with Crippen LogP contribution in [0, 0.1) is 18.8 Å². The second-order valence-electron chi connectivity index (χ2n) is 5.70. The molecule has 1 aromatic rings. The van der Waals surface area contributed by atoms with Gasteiger partial charge in [-0.25, -0.2) is 0 Å². The maximum atomic E-state index is 6.01. The van der Waals surface area contributed by atoms with Gasteiger partial charge in [0.15, 0.2) is 0 Å². The summed E-state index contributed by atoms with van der Waals surface area (Å²) < 4.78 is 0. The van der Waals surface area contributed by atoms with Crippen molar-refractivity contribution < 1.29 is 0 Å². The van der Waals surface area contributed by atoms with Gasteiger partial charge >= 0.3 is 0 Å². The van der Waals surface area contributed by atoms with Crippen LogP contribution >= 0.6 is 0 Å². The van der Waals surface area contributed by atoms with Crippen molar-refractivity contribution in [1.82, 2.24) is 0 Å². The van der Waals surface area contributed by atoms with Gasteiger partial charge in [-0.1, -0.05) is 19.9 Å². The van der Waals surface area contributed by atoms with Crippen LogP contribution in [0.1, 0.15) is 38.7 Å². The van der Waals surface area contributed by atoms with Crippen LogP contribution in [0.3, 0.4) is 0 Å². The lowest BCUT2D eigenvalue weighted by Crippen LogP contribution is -2.30. The first-order valence-corrected chi connectivity index (χ1v) is 6.69. The van der Waals surface area contributed by atoms with Gasteiger partial charge < -0.3 is 11.1 Å². The SMILES string of the molecule is Cc1ccc(N)c(NC2CCC(C)C(C)C2)c1. The fraction of sp³-hybridized carbons (Fsp3) is 0.600. The van der Waals surface area contributed by atoms with Crippen LogP contribution in [0.2, 0.25) is 0 Å². The van der Waals surface area contributed by atoms with Gasteiger partial charge in [0.1, 0.15) is 0 Å². The maximum absolute atomic E-state index is 6.01. The molecule has 0 heterocycles. The minimum Gasteiger partial charge on any atom is -0.397 e. The summed E-state index contributed by atoms with van der Waals surface area (Å²) in [6.45, 7) is 6.83. The molecule has 0 spiro atoms. The van der Waals surface area contributed by atoms with Gasteiger partial charge in [-0.05, 0) is 55.7 Å². The van der Waals surface area contributed by atoms with E-state index in [1.807, 2.05) is 6.07 Å². The molecule has 3 unspecified atom stereocenters. The molecular weight excluding hydrogens is 208 g/mol. The number of hydrogen-bond donors (Lipinski definition) is 2. The first-order valence-electron chi connectivity index (χ1n) is 6.69. The highest BCUT2D eigenvalue weighted by atomic mass is 14.9. The first-order chi connectivity index (χ1) is 8.06. The van der Waals surface area contributed by atoms with Crippen LogP contribution in [0.5, 0.6) is 0 Å². The van der Waals surface area contributed by atoms with Gasteiger partial charge in [0.2, 0.25) is 0 Å². The Balaban J connectivity index is 2.03. The Labute approximate surface area is 105 Å². The summed E-state index contributed by atoms with van der Waals surface area (Å²) in [5.41, 5.74) is 9.24. The van der Waals surface area contributed by atoms with E-state index in [0.29, 0.717) is 6.04 Å². The molecule has 1 aromatic carbocycles. The molecule has 0 amide bonds. The number of nitrogen functional groups attached to an aromatic ring is 1. The summed E-state index contributed by atoms with van der Waals surface area (Å²) in [5.74, 6) is 1.68. The quantitative estimate of drug-likeness (QED) is 0.761. The minimum atomic E-state index is 0.588. The van der Waals surface area contributed by atoms with Crippen LogP contribution < -0.4 is 11.1 Å². The third-order valence-electron chi connectivity index (χ3n) is 4.17. The molecule has 1 aliphatic carbocycles.